The van der Waals surface area contributed by atoms with E-state index >= 15 is 0 Å². The van der Waals surface area contributed by atoms with Gasteiger partial charge in [0.1, 0.15) is 5.75 Å². The second kappa shape index (κ2) is 6.09. The second-order valence-corrected chi connectivity index (χ2v) is 4.35. The van der Waals surface area contributed by atoms with Gasteiger partial charge < -0.3 is 14.6 Å². The minimum Gasteiger partial charge on any atom is -0.497 e. The van der Waals surface area contributed by atoms with Crippen LogP contribution in [0.2, 0.25) is 0 Å². The molecule has 4 heteroatoms. The molecule has 0 saturated heterocycles. The zero-order chi connectivity index (χ0) is 13.7. The maximum Gasteiger partial charge on any atom is 0.203 e. The van der Waals surface area contributed by atoms with E-state index in [1.165, 1.54) is 5.56 Å². The molecular formula is C15H19N3O. The molecule has 4 nitrogen and oxygen atoms in total. The number of anilines is 1. The van der Waals surface area contributed by atoms with Gasteiger partial charge in [-0.05, 0) is 24.6 Å². The summed E-state index contributed by atoms with van der Waals surface area (Å²) in [7, 11) is 1.68. The molecule has 1 aromatic heterocycles. The highest BCUT2D eigenvalue weighted by Gasteiger charge is 2.05. The molecule has 0 atom stereocenters. The zero-order valence-corrected chi connectivity index (χ0v) is 11.4. The minimum absolute atomic E-state index is 0.703. The van der Waals surface area contributed by atoms with Crippen LogP contribution in [0.3, 0.4) is 0 Å². The van der Waals surface area contributed by atoms with Gasteiger partial charge in [0.25, 0.3) is 0 Å². The van der Waals surface area contributed by atoms with E-state index < -0.39 is 0 Å². The molecule has 0 aliphatic carbocycles. The molecule has 0 saturated carbocycles. The molecule has 19 heavy (non-hydrogen) atoms. The molecule has 0 unspecified atom stereocenters. The Morgan fingerprint density at radius 1 is 1.47 bits per heavy atom. The summed E-state index contributed by atoms with van der Waals surface area (Å²) in [6.45, 7) is 7.15. The topological polar surface area (TPSA) is 39.1 Å². The van der Waals surface area contributed by atoms with Crippen LogP contribution in [-0.2, 0) is 6.54 Å². The molecule has 2 aromatic rings. The van der Waals surface area contributed by atoms with Crippen molar-refractivity contribution >= 4 is 5.95 Å². The summed E-state index contributed by atoms with van der Waals surface area (Å²) >= 11 is 0. The smallest absolute Gasteiger partial charge is 0.203 e. The Morgan fingerprint density at radius 2 is 2.32 bits per heavy atom. The first-order chi connectivity index (χ1) is 9.22. The highest BCUT2D eigenvalue weighted by atomic mass is 16.5. The molecule has 1 N–H and O–H groups in total. The molecule has 0 bridgehead atoms. The third-order valence-electron chi connectivity index (χ3n) is 2.79. The first-order valence-corrected chi connectivity index (χ1v) is 6.24. The van der Waals surface area contributed by atoms with E-state index in [1.807, 2.05) is 37.4 Å². The van der Waals surface area contributed by atoms with Crippen molar-refractivity contribution in [1.82, 2.24) is 9.55 Å². The Bertz CT molecular complexity index is 560. The lowest BCUT2D eigenvalue weighted by molar-refractivity contribution is 0.414. The molecule has 0 aliphatic heterocycles. The molecule has 1 heterocycles. The third-order valence-corrected chi connectivity index (χ3v) is 2.79. The molecule has 100 valence electrons. The van der Waals surface area contributed by atoms with Gasteiger partial charge in [0, 0.05) is 12.7 Å². The number of imidazole rings is 1. The van der Waals surface area contributed by atoms with Gasteiger partial charge in [-0.1, -0.05) is 18.2 Å². The summed E-state index contributed by atoms with van der Waals surface area (Å²) in [5, 5.41) is 3.24. The molecular weight excluding hydrogens is 238 g/mol. The quantitative estimate of drug-likeness (QED) is 0.809. The molecule has 0 fully saturated rings. The van der Waals surface area contributed by atoms with Crippen molar-refractivity contribution < 1.29 is 4.74 Å². The number of methoxy groups -OCH3 is 1. The van der Waals surface area contributed by atoms with E-state index in [2.05, 4.69) is 27.5 Å². The molecule has 2 rings (SSSR count). The number of rotatable bonds is 6. The van der Waals surface area contributed by atoms with E-state index in [0.717, 1.165) is 23.9 Å². The summed E-state index contributed by atoms with van der Waals surface area (Å²) in [6, 6.07) is 8.05. The fourth-order valence-electron chi connectivity index (χ4n) is 1.94. The Kier molecular flexibility index (Phi) is 4.23. The first-order valence-electron chi connectivity index (χ1n) is 6.24. The number of ether oxygens (including phenoxy) is 1. The SMILES string of the molecule is C=CCNc1nc(C)cn1Cc1cccc(OC)c1. The van der Waals surface area contributed by atoms with Crippen LogP contribution in [0.25, 0.3) is 0 Å². The molecule has 0 spiro atoms. The van der Waals surface area contributed by atoms with Crippen LogP contribution >= 0.6 is 0 Å². The van der Waals surface area contributed by atoms with Crippen LogP contribution in [0.15, 0.2) is 43.1 Å². The van der Waals surface area contributed by atoms with Gasteiger partial charge in [0.15, 0.2) is 0 Å². The van der Waals surface area contributed by atoms with Gasteiger partial charge in [-0.2, -0.15) is 0 Å². The fourth-order valence-corrected chi connectivity index (χ4v) is 1.94. The monoisotopic (exact) mass is 257 g/mol. The predicted molar refractivity (Wildman–Crippen MR) is 77.7 cm³/mol. The van der Waals surface area contributed by atoms with Crippen LogP contribution in [0, 0.1) is 6.92 Å². The van der Waals surface area contributed by atoms with Gasteiger partial charge in [0.05, 0.1) is 19.3 Å². The van der Waals surface area contributed by atoms with Crippen molar-refractivity contribution in [3.05, 3.63) is 54.4 Å². The van der Waals surface area contributed by atoms with E-state index in [-0.39, 0.29) is 0 Å². The van der Waals surface area contributed by atoms with Gasteiger partial charge in [-0.3, -0.25) is 0 Å². The zero-order valence-electron chi connectivity index (χ0n) is 11.4. The molecule has 1 aromatic carbocycles. The molecule has 0 aliphatic rings. The van der Waals surface area contributed by atoms with Crippen LogP contribution in [0.4, 0.5) is 5.95 Å². The van der Waals surface area contributed by atoms with Crippen molar-refractivity contribution in [3.63, 3.8) is 0 Å². The fraction of sp³-hybridized carbons (Fsp3) is 0.267. The van der Waals surface area contributed by atoms with E-state index in [4.69, 9.17) is 4.74 Å². The normalized spacial score (nSPS) is 10.2. The average molecular weight is 257 g/mol. The van der Waals surface area contributed by atoms with Crippen molar-refractivity contribution in [2.24, 2.45) is 0 Å². The van der Waals surface area contributed by atoms with Crippen molar-refractivity contribution in [3.8, 4) is 5.75 Å². The second-order valence-electron chi connectivity index (χ2n) is 4.35. The van der Waals surface area contributed by atoms with Crippen LogP contribution in [0.5, 0.6) is 5.75 Å². The van der Waals surface area contributed by atoms with Crippen molar-refractivity contribution in [2.45, 2.75) is 13.5 Å². The predicted octanol–water partition coefficient (Wildman–Crippen LogP) is 2.85. The van der Waals surface area contributed by atoms with Crippen molar-refractivity contribution in [1.29, 1.82) is 0 Å². The van der Waals surface area contributed by atoms with Crippen LogP contribution in [0.1, 0.15) is 11.3 Å². The molecule has 0 radical (unpaired) electrons. The lowest BCUT2D eigenvalue weighted by Gasteiger charge is -2.09. The Labute approximate surface area is 113 Å². The Morgan fingerprint density at radius 3 is 3.05 bits per heavy atom. The third kappa shape index (κ3) is 3.37. The van der Waals surface area contributed by atoms with Gasteiger partial charge >= 0.3 is 0 Å². The summed E-state index contributed by atoms with van der Waals surface area (Å²) in [6.07, 6.45) is 3.85. The van der Waals surface area contributed by atoms with Crippen molar-refractivity contribution in [2.75, 3.05) is 19.0 Å². The molecule has 0 amide bonds. The summed E-state index contributed by atoms with van der Waals surface area (Å²) < 4.78 is 7.33. The lowest BCUT2D eigenvalue weighted by atomic mass is 10.2. The van der Waals surface area contributed by atoms with Crippen LogP contribution in [-0.4, -0.2) is 23.2 Å². The average Bonchev–Trinajstić information content (AvgIpc) is 2.76. The lowest BCUT2D eigenvalue weighted by Crippen LogP contribution is -2.07. The van der Waals surface area contributed by atoms with E-state index in [1.54, 1.807) is 7.11 Å². The first kappa shape index (κ1) is 13.2. The van der Waals surface area contributed by atoms with Gasteiger partial charge in [0.2, 0.25) is 5.95 Å². The number of benzene rings is 1. The largest absolute Gasteiger partial charge is 0.497 e. The van der Waals surface area contributed by atoms with E-state index in [9.17, 15) is 0 Å². The Hall–Kier alpha value is -2.23. The summed E-state index contributed by atoms with van der Waals surface area (Å²) in [5.74, 6) is 1.73. The number of aryl methyl sites for hydroxylation is 1. The minimum atomic E-state index is 0.703. The standard InChI is InChI=1S/C15H19N3O/c1-4-8-16-15-17-12(2)10-18(15)11-13-6-5-7-14(9-13)19-3/h4-7,9-10H,1,8,11H2,2-3H3,(H,16,17). The highest BCUT2D eigenvalue weighted by molar-refractivity contribution is 5.33. The summed E-state index contributed by atoms with van der Waals surface area (Å²) in [5.41, 5.74) is 2.17. The number of aromatic nitrogens is 2. The number of hydrogen-bond acceptors (Lipinski definition) is 3. The number of nitrogens with one attached hydrogen (secondary N) is 1. The highest BCUT2D eigenvalue weighted by Crippen LogP contribution is 2.16. The number of nitrogens with zero attached hydrogens (tertiary/aromatic N) is 2. The maximum absolute atomic E-state index is 5.24. The Balaban J connectivity index is 2.19. The van der Waals surface area contributed by atoms with Crippen LogP contribution < -0.4 is 10.1 Å². The van der Waals surface area contributed by atoms with E-state index in [0.29, 0.717) is 6.54 Å². The van der Waals surface area contributed by atoms with Gasteiger partial charge in [-0.15, -0.1) is 6.58 Å². The van der Waals surface area contributed by atoms with Gasteiger partial charge in [-0.25, -0.2) is 4.98 Å². The summed E-state index contributed by atoms with van der Waals surface area (Å²) in [4.78, 5) is 4.46. The maximum atomic E-state index is 5.24. The number of hydrogen-bond donors (Lipinski definition) is 1.